The second-order valence-corrected chi connectivity index (χ2v) is 4.30. The molecule has 0 amide bonds. The highest BCUT2D eigenvalue weighted by atomic mass is 16.5. The van der Waals surface area contributed by atoms with E-state index in [0.29, 0.717) is 0 Å². The van der Waals surface area contributed by atoms with Crippen LogP contribution in [0.25, 0.3) is 0 Å². The van der Waals surface area contributed by atoms with Gasteiger partial charge in [0, 0.05) is 6.20 Å². The Kier molecular flexibility index (Phi) is 4.47. The minimum absolute atomic E-state index is 0.0572. The summed E-state index contributed by atoms with van der Waals surface area (Å²) >= 11 is 0. The highest BCUT2D eigenvalue weighted by molar-refractivity contribution is 5.34. The van der Waals surface area contributed by atoms with Crippen LogP contribution in [0.1, 0.15) is 30.0 Å². The average Bonchev–Trinajstić information content (AvgIpc) is 2.45. The quantitative estimate of drug-likeness (QED) is 0.894. The predicted octanol–water partition coefficient (Wildman–Crippen LogP) is 2.49. The van der Waals surface area contributed by atoms with Gasteiger partial charge in [0.05, 0.1) is 18.8 Å². The summed E-state index contributed by atoms with van der Waals surface area (Å²) in [6.07, 6.45) is 1.79. The third kappa shape index (κ3) is 3.29. The number of rotatable bonds is 5. The molecule has 1 N–H and O–H groups in total. The zero-order valence-corrected chi connectivity index (χ0v) is 11.6. The van der Waals surface area contributed by atoms with E-state index in [9.17, 15) is 0 Å². The highest BCUT2D eigenvalue weighted by Gasteiger charge is 2.15. The molecular weight excluding hydrogens is 238 g/mol. The molecule has 0 saturated heterocycles. The zero-order chi connectivity index (χ0) is 13.7. The number of benzene rings is 1. The number of nitrogens with one attached hydrogen (secondary N) is 1. The lowest BCUT2D eigenvalue weighted by atomic mass is 10.0. The number of aryl methyl sites for hydroxylation is 1. The van der Waals surface area contributed by atoms with Crippen LogP contribution in [-0.4, -0.2) is 23.6 Å². The first-order chi connectivity index (χ1) is 9.24. The summed E-state index contributed by atoms with van der Waals surface area (Å²) in [5, 5.41) is 3.45. The summed E-state index contributed by atoms with van der Waals surface area (Å²) in [5.41, 5.74) is 2.11. The minimum Gasteiger partial charge on any atom is -0.497 e. The zero-order valence-electron chi connectivity index (χ0n) is 11.6. The molecule has 0 fully saturated rings. The Labute approximate surface area is 113 Å². The van der Waals surface area contributed by atoms with E-state index < -0.39 is 0 Å². The fourth-order valence-corrected chi connectivity index (χ4v) is 2.05. The number of hydrogen-bond acceptors (Lipinski definition) is 4. The molecule has 2 aromatic rings. The average molecular weight is 257 g/mol. The summed E-state index contributed by atoms with van der Waals surface area (Å²) in [6, 6.07) is 10.0. The molecule has 1 heterocycles. The van der Waals surface area contributed by atoms with Crippen molar-refractivity contribution in [3.63, 3.8) is 0 Å². The van der Waals surface area contributed by atoms with Gasteiger partial charge >= 0.3 is 0 Å². The number of methoxy groups -OCH3 is 1. The molecule has 0 aliphatic heterocycles. The largest absolute Gasteiger partial charge is 0.497 e. The van der Waals surface area contributed by atoms with Gasteiger partial charge in [0.1, 0.15) is 11.6 Å². The van der Waals surface area contributed by atoms with Crippen molar-refractivity contribution in [1.82, 2.24) is 15.3 Å². The van der Waals surface area contributed by atoms with Crippen molar-refractivity contribution in [2.45, 2.75) is 19.9 Å². The summed E-state index contributed by atoms with van der Waals surface area (Å²) in [6.45, 7) is 4.85. The van der Waals surface area contributed by atoms with Crippen LogP contribution in [0.15, 0.2) is 36.5 Å². The standard InChI is InChI=1S/C15H19N3O/c1-4-16-15(14-8-9-17-11(2)18-14)12-6-5-7-13(10-12)19-3/h5-10,15-16H,4H2,1-3H3. The molecule has 1 aromatic carbocycles. The van der Waals surface area contributed by atoms with Crippen LogP contribution in [0.4, 0.5) is 0 Å². The van der Waals surface area contributed by atoms with E-state index in [1.807, 2.05) is 31.2 Å². The molecule has 1 aromatic heterocycles. The first kappa shape index (κ1) is 13.5. The van der Waals surface area contributed by atoms with Crippen molar-refractivity contribution in [2.24, 2.45) is 0 Å². The summed E-state index contributed by atoms with van der Waals surface area (Å²) in [4.78, 5) is 8.66. The topological polar surface area (TPSA) is 47.0 Å². The van der Waals surface area contributed by atoms with Gasteiger partial charge in [-0.05, 0) is 37.2 Å². The van der Waals surface area contributed by atoms with Gasteiger partial charge in [0.25, 0.3) is 0 Å². The van der Waals surface area contributed by atoms with Crippen molar-refractivity contribution in [3.05, 3.63) is 53.6 Å². The fourth-order valence-electron chi connectivity index (χ4n) is 2.05. The van der Waals surface area contributed by atoms with E-state index in [-0.39, 0.29) is 6.04 Å². The van der Waals surface area contributed by atoms with Crippen LogP contribution in [-0.2, 0) is 0 Å². The summed E-state index contributed by atoms with van der Waals surface area (Å²) in [5.74, 6) is 1.63. The van der Waals surface area contributed by atoms with Gasteiger partial charge in [-0.3, -0.25) is 0 Å². The molecule has 0 saturated carbocycles. The van der Waals surface area contributed by atoms with Crippen LogP contribution in [0.5, 0.6) is 5.75 Å². The normalized spacial score (nSPS) is 12.2. The summed E-state index contributed by atoms with van der Waals surface area (Å²) < 4.78 is 5.28. The van der Waals surface area contributed by atoms with Crippen LogP contribution < -0.4 is 10.1 Å². The Balaban J connectivity index is 2.38. The molecule has 4 heteroatoms. The molecule has 100 valence electrons. The smallest absolute Gasteiger partial charge is 0.125 e. The Morgan fingerprint density at radius 3 is 2.84 bits per heavy atom. The molecule has 0 aliphatic rings. The van der Waals surface area contributed by atoms with E-state index in [1.54, 1.807) is 13.3 Å². The lowest BCUT2D eigenvalue weighted by Crippen LogP contribution is -2.23. The van der Waals surface area contributed by atoms with Gasteiger partial charge in [-0.15, -0.1) is 0 Å². The Bertz CT molecular complexity index is 542. The number of nitrogens with zero attached hydrogens (tertiary/aromatic N) is 2. The molecule has 2 rings (SSSR count). The molecular formula is C15H19N3O. The molecule has 4 nitrogen and oxygen atoms in total. The lowest BCUT2D eigenvalue weighted by molar-refractivity contribution is 0.413. The van der Waals surface area contributed by atoms with Gasteiger partial charge in [-0.25, -0.2) is 9.97 Å². The summed E-state index contributed by atoms with van der Waals surface area (Å²) in [7, 11) is 1.68. The first-order valence-corrected chi connectivity index (χ1v) is 6.41. The fraction of sp³-hybridized carbons (Fsp3) is 0.333. The predicted molar refractivity (Wildman–Crippen MR) is 75.3 cm³/mol. The maximum atomic E-state index is 5.28. The lowest BCUT2D eigenvalue weighted by Gasteiger charge is -2.18. The van der Waals surface area contributed by atoms with Gasteiger partial charge in [0.15, 0.2) is 0 Å². The van der Waals surface area contributed by atoms with Crippen LogP contribution in [0, 0.1) is 6.92 Å². The minimum atomic E-state index is 0.0572. The van der Waals surface area contributed by atoms with Gasteiger partial charge in [-0.2, -0.15) is 0 Å². The van der Waals surface area contributed by atoms with Crippen LogP contribution >= 0.6 is 0 Å². The Morgan fingerprint density at radius 1 is 1.32 bits per heavy atom. The molecule has 1 unspecified atom stereocenters. The number of ether oxygens (including phenoxy) is 1. The monoisotopic (exact) mass is 257 g/mol. The molecule has 0 spiro atoms. The Morgan fingerprint density at radius 2 is 2.16 bits per heavy atom. The van der Waals surface area contributed by atoms with E-state index in [0.717, 1.165) is 29.4 Å². The maximum Gasteiger partial charge on any atom is 0.125 e. The Hall–Kier alpha value is -1.94. The van der Waals surface area contributed by atoms with Crippen molar-refractivity contribution in [3.8, 4) is 5.75 Å². The van der Waals surface area contributed by atoms with E-state index >= 15 is 0 Å². The SMILES string of the molecule is CCNC(c1cccc(OC)c1)c1ccnc(C)n1. The highest BCUT2D eigenvalue weighted by Crippen LogP contribution is 2.23. The van der Waals surface area contributed by atoms with Crippen molar-refractivity contribution >= 4 is 0 Å². The molecule has 0 radical (unpaired) electrons. The molecule has 0 aliphatic carbocycles. The van der Waals surface area contributed by atoms with Gasteiger partial charge in [-0.1, -0.05) is 19.1 Å². The van der Waals surface area contributed by atoms with Crippen molar-refractivity contribution in [2.75, 3.05) is 13.7 Å². The first-order valence-electron chi connectivity index (χ1n) is 6.41. The third-order valence-electron chi connectivity index (χ3n) is 2.93. The number of aromatic nitrogens is 2. The van der Waals surface area contributed by atoms with Crippen LogP contribution in [0.3, 0.4) is 0 Å². The molecule has 1 atom stereocenters. The second-order valence-electron chi connectivity index (χ2n) is 4.30. The van der Waals surface area contributed by atoms with Gasteiger partial charge < -0.3 is 10.1 Å². The van der Waals surface area contributed by atoms with Gasteiger partial charge in [0.2, 0.25) is 0 Å². The van der Waals surface area contributed by atoms with E-state index in [4.69, 9.17) is 4.74 Å². The molecule has 19 heavy (non-hydrogen) atoms. The number of hydrogen-bond donors (Lipinski definition) is 1. The third-order valence-corrected chi connectivity index (χ3v) is 2.93. The van der Waals surface area contributed by atoms with E-state index in [2.05, 4.69) is 28.3 Å². The van der Waals surface area contributed by atoms with Crippen molar-refractivity contribution < 1.29 is 4.74 Å². The second kappa shape index (κ2) is 6.29. The maximum absolute atomic E-state index is 5.28. The molecule has 0 bridgehead atoms. The van der Waals surface area contributed by atoms with Crippen LogP contribution in [0.2, 0.25) is 0 Å². The van der Waals surface area contributed by atoms with Crippen molar-refractivity contribution in [1.29, 1.82) is 0 Å². The van der Waals surface area contributed by atoms with E-state index in [1.165, 1.54) is 0 Å².